The number of ether oxygens (including phenoxy) is 1. The van der Waals surface area contributed by atoms with Gasteiger partial charge in [-0.25, -0.2) is 18.0 Å². The van der Waals surface area contributed by atoms with Crippen LogP contribution in [0.2, 0.25) is 0 Å². The maximum Gasteiger partial charge on any atom is 0.351 e. The molecule has 4 atom stereocenters. The third kappa shape index (κ3) is 2.54. The smallest absolute Gasteiger partial charge is 0.351 e. The Morgan fingerprint density at radius 3 is 2.86 bits per heavy atom. The number of anilines is 1. The van der Waals surface area contributed by atoms with Crippen LogP contribution in [-0.4, -0.2) is 39.2 Å². The molecule has 1 aromatic heterocycles. The normalized spacial score (nSPS) is 32.9. The molecule has 1 aromatic rings. The molecule has 6 nitrogen and oxygen atoms in total. The Hall–Kier alpha value is -1.87. The average molecular weight is 305 g/mol. The van der Waals surface area contributed by atoms with Crippen molar-refractivity contribution in [3.05, 3.63) is 28.6 Å². The Balaban J connectivity index is 2.48. The zero-order chi connectivity index (χ0) is 15.8. The van der Waals surface area contributed by atoms with E-state index >= 15 is 0 Å². The number of alkyl halides is 2. The Morgan fingerprint density at radius 1 is 1.67 bits per heavy atom. The summed E-state index contributed by atoms with van der Waals surface area (Å²) in [6.07, 6.45) is -3.15. The van der Waals surface area contributed by atoms with Gasteiger partial charge in [0, 0.05) is 11.8 Å². The molecule has 1 aliphatic heterocycles. The number of hydrogen-bond acceptors (Lipinski definition) is 5. The number of rotatable bonds is 3. The Bertz CT molecular complexity index is 618. The van der Waals surface area contributed by atoms with Crippen LogP contribution in [0, 0.1) is 0 Å². The molecule has 0 spiro atoms. The Labute approximate surface area is 117 Å². The molecule has 0 aliphatic carbocycles. The summed E-state index contributed by atoms with van der Waals surface area (Å²) in [7, 11) is 0. The number of nitrogens with zero attached hydrogens (tertiary/aromatic N) is 2. The van der Waals surface area contributed by atoms with E-state index in [1.54, 1.807) is 0 Å². The number of nitrogens with two attached hydrogens (primary N) is 1. The molecule has 0 saturated carbocycles. The molecule has 9 heteroatoms. The highest BCUT2D eigenvalue weighted by Crippen LogP contribution is 2.41. The van der Waals surface area contributed by atoms with E-state index in [-0.39, 0.29) is 17.7 Å². The zero-order valence-corrected chi connectivity index (χ0v) is 11.0. The van der Waals surface area contributed by atoms with Crippen LogP contribution in [0.1, 0.15) is 18.7 Å². The van der Waals surface area contributed by atoms with Crippen molar-refractivity contribution >= 4 is 11.9 Å². The van der Waals surface area contributed by atoms with E-state index in [1.165, 1.54) is 0 Å². The molecule has 1 saturated heterocycles. The maximum atomic E-state index is 14.2. The quantitative estimate of drug-likeness (QED) is 0.859. The summed E-state index contributed by atoms with van der Waals surface area (Å²) in [6.45, 7) is 0.176. The van der Waals surface area contributed by atoms with E-state index in [1.807, 2.05) is 0 Å². The summed E-state index contributed by atoms with van der Waals surface area (Å²) in [5.41, 5.74) is 2.00. The first-order chi connectivity index (χ1) is 9.82. The van der Waals surface area contributed by atoms with Gasteiger partial charge in [0.15, 0.2) is 18.1 Å². The van der Waals surface area contributed by atoms with Gasteiger partial charge in [-0.15, -0.1) is 0 Å². The molecule has 2 rings (SSSR count). The van der Waals surface area contributed by atoms with Crippen LogP contribution >= 0.6 is 0 Å². The van der Waals surface area contributed by atoms with Crippen LogP contribution in [0.3, 0.4) is 0 Å². The molecule has 4 unspecified atom stereocenters. The molecule has 0 bridgehead atoms. The van der Waals surface area contributed by atoms with Crippen molar-refractivity contribution in [3.8, 4) is 0 Å². The van der Waals surface area contributed by atoms with Gasteiger partial charge in [0.2, 0.25) is 0 Å². The van der Waals surface area contributed by atoms with E-state index in [0.717, 1.165) is 19.2 Å². The van der Waals surface area contributed by atoms with Crippen LogP contribution in [-0.2, 0) is 4.74 Å². The lowest BCUT2D eigenvalue weighted by Gasteiger charge is -2.20. The van der Waals surface area contributed by atoms with E-state index in [0.29, 0.717) is 4.57 Å². The first-order valence-corrected chi connectivity index (χ1v) is 6.07. The van der Waals surface area contributed by atoms with Gasteiger partial charge in [0.05, 0.1) is 12.9 Å². The van der Waals surface area contributed by atoms with Crippen molar-refractivity contribution in [2.45, 2.75) is 31.1 Å². The Kier molecular flexibility index (Phi) is 4.06. The van der Waals surface area contributed by atoms with Gasteiger partial charge in [-0.3, -0.25) is 4.57 Å². The maximum absolute atomic E-state index is 14.2. The summed E-state index contributed by atoms with van der Waals surface area (Å²) >= 11 is 0. The molecule has 1 aliphatic rings. The van der Waals surface area contributed by atoms with E-state index < -0.39 is 36.5 Å². The summed E-state index contributed by atoms with van der Waals surface area (Å²) in [5, 5.41) is 9.02. The fourth-order valence-electron chi connectivity index (χ4n) is 2.13. The average Bonchev–Trinajstić information content (AvgIpc) is 2.64. The first kappa shape index (κ1) is 15.5. The third-order valence-electron chi connectivity index (χ3n) is 3.42. The fraction of sp³-hybridized carbons (Fsp3) is 0.500. The largest absolute Gasteiger partial charge is 0.394 e. The second-order valence-corrected chi connectivity index (χ2v) is 4.81. The molecular weight excluding hydrogens is 291 g/mol. The number of hydrogen-bond donors (Lipinski definition) is 2. The fourth-order valence-corrected chi connectivity index (χ4v) is 2.13. The minimum Gasteiger partial charge on any atom is -0.394 e. The van der Waals surface area contributed by atoms with Crippen LogP contribution < -0.4 is 11.4 Å². The molecule has 2 heterocycles. The monoisotopic (exact) mass is 305 g/mol. The van der Waals surface area contributed by atoms with Crippen LogP contribution in [0.5, 0.6) is 0 Å². The van der Waals surface area contributed by atoms with Crippen molar-refractivity contribution < 1.29 is 23.0 Å². The summed E-state index contributed by atoms with van der Waals surface area (Å²) in [5.74, 6) is -0.250. The lowest BCUT2D eigenvalue weighted by atomic mass is 9.98. The predicted octanol–water partition coefficient (Wildman–Crippen LogP) is 0.722. The van der Waals surface area contributed by atoms with Gasteiger partial charge in [-0.1, -0.05) is 0 Å². The molecule has 116 valence electrons. The molecule has 0 aromatic carbocycles. The van der Waals surface area contributed by atoms with Gasteiger partial charge >= 0.3 is 5.69 Å². The molecule has 0 amide bonds. The van der Waals surface area contributed by atoms with E-state index in [2.05, 4.69) is 4.98 Å². The zero-order valence-electron chi connectivity index (χ0n) is 11.0. The number of aromatic nitrogens is 2. The summed E-state index contributed by atoms with van der Waals surface area (Å²) in [4.78, 5) is 15.2. The van der Waals surface area contributed by atoms with Crippen LogP contribution in [0.15, 0.2) is 17.3 Å². The van der Waals surface area contributed by atoms with Crippen molar-refractivity contribution in [1.82, 2.24) is 9.55 Å². The number of aliphatic hydroxyl groups is 1. The van der Waals surface area contributed by atoms with E-state index in [9.17, 15) is 18.0 Å². The lowest BCUT2D eigenvalue weighted by molar-refractivity contribution is -0.0532. The molecule has 1 fully saturated rings. The predicted molar refractivity (Wildman–Crippen MR) is 68.5 cm³/mol. The number of halogens is 3. The highest BCUT2D eigenvalue weighted by Gasteiger charge is 2.56. The van der Waals surface area contributed by atoms with Gasteiger partial charge in [0.25, 0.3) is 0 Å². The standard InChI is InChI=1S/C12H14F3N3O3/c1-12(15)7(5-19)21-10(8(12)14)18-4-6(2-3-13)9(16)17-11(18)20/h2-4,7-8,10,19H,5H2,1H3,(H2,16,17,20)/b3-2-. The molecule has 21 heavy (non-hydrogen) atoms. The van der Waals surface area contributed by atoms with Crippen LogP contribution in [0.25, 0.3) is 6.08 Å². The van der Waals surface area contributed by atoms with Crippen molar-refractivity contribution in [3.63, 3.8) is 0 Å². The highest BCUT2D eigenvalue weighted by molar-refractivity contribution is 5.58. The molecule has 3 N–H and O–H groups in total. The van der Waals surface area contributed by atoms with Gasteiger partial charge in [-0.05, 0) is 13.0 Å². The van der Waals surface area contributed by atoms with E-state index in [4.69, 9.17) is 15.6 Å². The first-order valence-electron chi connectivity index (χ1n) is 6.07. The van der Waals surface area contributed by atoms with Crippen molar-refractivity contribution in [2.24, 2.45) is 0 Å². The van der Waals surface area contributed by atoms with Gasteiger partial charge in [-0.2, -0.15) is 4.98 Å². The number of aliphatic hydroxyl groups excluding tert-OH is 1. The minimum atomic E-state index is -2.48. The highest BCUT2D eigenvalue weighted by atomic mass is 19.2. The second-order valence-electron chi connectivity index (χ2n) is 4.81. The third-order valence-corrected chi connectivity index (χ3v) is 3.42. The van der Waals surface area contributed by atoms with Crippen molar-refractivity contribution in [1.29, 1.82) is 0 Å². The summed E-state index contributed by atoms with van der Waals surface area (Å²) < 4.78 is 46.3. The van der Waals surface area contributed by atoms with Gasteiger partial charge in [0.1, 0.15) is 11.9 Å². The second kappa shape index (κ2) is 5.49. The van der Waals surface area contributed by atoms with Gasteiger partial charge < -0.3 is 15.6 Å². The molecular formula is C12H14F3N3O3. The number of nitrogen functional groups attached to an aromatic ring is 1. The molecule has 0 radical (unpaired) electrons. The Morgan fingerprint density at radius 2 is 2.33 bits per heavy atom. The van der Waals surface area contributed by atoms with Crippen LogP contribution in [0.4, 0.5) is 19.0 Å². The SMILES string of the molecule is CC1(F)C(CO)OC(n2cc(/C=C\F)c(N)nc2=O)C1F. The topological polar surface area (TPSA) is 90.4 Å². The van der Waals surface area contributed by atoms with Crippen molar-refractivity contribution in [2.75, 3.05) is 12.3 Å². The lowest BCUT2D eigenvalue weighted by Crippen LogP contribution is -2.40. The minimum absolute atomic E-state index is 0.0147. The summed E-state index contributed by atoms with van der Waals surface area (Å²) in [6, 6.07) is 0.